The lowest BCUT2D eigenvalue weighted by atomic mass is 10.1. The van der Waals surface area contributed by atoms with Crippen LogP contribution in [0.1, 0.15) is 12.0 Å². The highest BCUT2D eigenvalue weighted by Gasteiger charge is 2.27. The van der Waals surface area contributed by atoms with Crippen molar-refractivity contribution in [3.8, 4) is 0 Å². The summed E-state index contributed by atoms with van der Waals surface area (Å²) in [5.74, 6) is 0.750. The lowest BCUT2D eigenvalue weighted by Gasteiger charge is -2.13. The summed E-state index contributed by atoms with van der Waals surface area (Å²) < 4.78 is 22.7. The van der Waals surface area contributed by atoms with Gasteiger partial charge in [-0.05, 0) is 24.5 Å². The standard InChI is InChI=1S/C12H16N2O2S2/c13-12(17)10-3-1-2-4-11(10)14-7-9-5-6-18(15,16)8-9/h1-4,9,14H,5-8H2,(H2,13,17). The highest BCUT2D eigenvalue weighted by atomic mass is 32.2. The fraction of sp³-hybridized carbons (Fsp3) is 0.417. The number of nitrogens with one attached hydrogen (secondary N) is 1. The van der Waals surface area contributed by atoms with E-state index in [2.05, 4.69) is 5.32 Å². The van der Waals surface area contributed by atoms with Crippen molar-refractivity contribution in [2.75, 3.05) is 23.4 Å². The Morgan fingerprint density at radius 3 is 2.78 bits per heavy atom. The maximum Gasteiger partial charge on any atom is 0.150 e. The molecular formula is C12H16N2O2S2. The first-order chi connectivity index (χ1) is 8.48. The van der Waals surface area contributed by atoms with Crippen LogP contribution in [0, 0.1) is 5.92 Å². The van der Waals surface area contributed by atoms with Gasteiger partial charge in [-0.15, -0.1) is 0 Å². The number of para-hydroxylation sites is 1. The maximum absolute atomic E-state index is 11.4. The first-order valence-electron chi connectivity index (χ1n) is 5.81. The van der Waals surface area contributed by atoms with Gasteiger partial charge in [-0.2, -0.15) is 0 Å². The Kier molecular flexibility index (Phi) is 3.87. The van der Waals surface area contributed by atoms with Crippen LogP contribution in [0.15, 0.2) is 24.3 Å². The van der Waals surface area contributed by atoms with E-state index in [1.807, 2.05) is 24.3 Å². The SMILES string of the molecule is NC(=S)c1ccccc1NCC1CCS(=O)(=O)C1. The lowest BCUT2D eigenvalue weighted by molar-refractivity contribution is 0.596. The summed E-state index contributed by atoms with van der Waals surface area (Å²) in [6.07, 6.45) is 0.727. The van der Waals surface area contributed by atoms with Crippen LogP contribution >= 0.6 is 12.2 Å². The molecule has 1 aliphatic rings. The molecule has 98 valence electrons. The molecule has 1 aromatic carbocycles. The molecule has 0 bridgehead atoms. The molecule has 0 radical (unpaired) electrons. The Bertz CT molecular complexity index is 555. The molecule has 2 rings (SSSR count). The minimum absolute atomic E-state index is 0.175. The second kappa shape index (κ2) is 5.24. The molecule has 0 amide bonds. The van der Waals surface area contributed by atoms with Crippen molar-refractivity contribution in [3.63, 3.8) is 0 Å². The van der Waals surface area contributed by atoms with E-state index in [1.54, 1.807) is 0 Å². The number of hydrogen-bond acceptors (Lipinski definition) is 4. The van der Waals surface area contributed by atoms with E-state index in [0.717, 1.165) is 17.7 Å². The number of thiocarbonyl (C=S) groups is 1. The molecule has 1 aliphatic heterocycles. The largest absolute Gasteiger partial charge is 0.389 e. The van der Waals surface area contributed by atoms with E-state index >= 15 is 0 Å². The summed E-state index contributed by atoms with van der Waals surface area (Å²) in [5.41, 5.74) is 7.31. The molecule has 3 N–H and O–H groups in total. The molecule has 18 heavy (non-hydrogen) atoms. The van der Waals surface area contributed by atoms with Crippen LogP contribution in [0.5, 0.6) is 0 Å². The van der Waals surface area contributed by atoms with Gasteiger partial charge in [-0.25, -0.2) is 8.42 Å². The van der Waals surface area contributed by atoms with Gasteiger partial charge in [0.05, 0.1) is 11.5 Å². The van der Waals surface area contributed by atoms with Crippen molar-refractivity contribution in [1.29, 1.82) is 0 Å². The Morgan fingerprint density at radius 2 is 2.17 bits per heavy atom. The molecule has 6 heteroatoms. The van der Waals surface area contributed by atoms with Gasteiger partial charge in [0, 0.05) is 17.8 Å². The van der Waals surface area contributed by atoms with E-state index in [9.17, 15) is 8.42 Å². The van der Waals surface area contributed by atoms with E-state index in [4.69, 9.17) is 18.0 Å². The molecule has 4 nitrogen and oxygen atoms in total. The number of sulfone groups is 1. The van der Waals surface area contributed by atoms with Gasteiger partial charge in [-0.3, -0.25) is 0 Å². The number of rotatable bonds is 4. The van der Waals surface area contributed by atoms with Crippen molar-refractivity contribution in [2.24, 2.45) is 11.7 Å². The normalized spacial score (nSPS) is 21.7. The van der Waals surface area contributed by atoms with Crippen LogP contribution in [-0.2, 0) is 9.84 Å². The summed E-state index contributed by atoms with van der Waals surface area (Å²) in [6.45, 7) is 0.638. The van der Waals surface area contributed by atoms with E-state index in [-0.39, 0.29) is 11.7 Å². The predicted octanol–water partition coefficient (Wildman–Crippen LogP) is 1.17. The third-order valence-corrected chi connectivity index (χ3v) is 5.16. The van der Waals surface area contributed by atoms with Crippen molar-refractivity contribution in [3.05, 3.63) is 29.8 Å². The number of anilines is 1. The Hall–Kier alpha value is -1.14. The Balaban J connectivity index is 2.01. The number of benzene rings is 1. The molecule has 0 spiro atoms. The van der Waals surface area contributed by atoms with Gasteiger partial charge in [-0.1, -0.05) is 24.4 Å². The van der Waals surface area contributed by atoms with Crippen molar-refractivity contribution in [2.45, 2.75) is 6.42 Å². The monoisotopic (exact) mass is 284 g/mol. The molecule has 1 fully saturated rings. The van der Waals surface area contributed by atoms with Crippen LogP contribution in [0.3, 0.4) is 0 Å². The molecule has 1 atom stereocenters. The minimum Gasteiger partial charge on any atom is -0.389 e. The fourth-order valence-electron chi connectivity index (χ4n) is 2.14. The zero-order valence-electron chi connectivity index (χ0n) is 9.93. The first-order valence-corrected chi connectivity index (χ1v) is 8.04. The third kappa shape index (κ3) is 3.20. The second-order valence-electron chi connectivity index (χ2n) is 4.56. The van der Waals surface area contributed by atoms with Crippen LogP contribution < -0.4 is 11.1 Å². The van der Waals surface area contributed by atoms with E-state index in [1.165, 1.54) is 0 Å². The summed E-state index contributed by atoms with van der Waals surface area (Å²) in [4.78, 5) is 0.345. The average Bonchev–Trinajstić information content (AvgIpc) is 2.66. The predicted molar refractivity (Wildman–Crippen MR) is 77.6 cm³/mol. The number of nitrogens with two attached hydrogens (primary N) is 1. The maximum atomic E-state index is 11.4. The first kappa shape index (κ1) is 13.3. The lowest BCUT2D eigenvalue weighted by Crippen LogP contribution is -2.18. The second-order valence-corrected chi connectivity index (χ2v) is 7.23. The molecule has 1 unspecified atom stereocenters. The smallest absolute Gasteiger partial charge is 0.150 e. The van der Waals surface area contributed by atoms with E-state index < -0.39 is 9.84 Å². The summed E-state index contributed by atoms with van der Waals surface area (Å²) >= 11 is 4.98. The molecule has 0 aliphatic carbocycles. The van der Waals surface area contributed by atoms with Gasteiger partial charge in [0.25, 0.3) is 0 Å². The highest BCUT2D eigenvalue weighted by Crippen LogP contribution is 2.20. The van der Waals surface area contributed by atoms with Gasteiger partial charge in [0.15, 0.2) is 9.84 Å². The summed E-state index contributed by atoms with van der Waals surface area (Å²) in [6, 6.07) is 7.53. The Morgan fingerprint density at radius 1 is 1.44 bits per heavy atom. The van der Waals surface area contributed by atoms with Crippen molar-refractivity contribution >= 4 is 32.7 Å². The van der Waals surface area contributed by atoms with Crippen molar-refractivity contribution < 1.29 is 8.42 Å². The van der Waals surface area contributed by atoms with Crippen molar-refractivity contribution in [1.82, 2.24) is 0 Å². The van der Waals surface area contributed by atoms with Crippen LogP contribution in [0.4, 0.5) is 5.69 Å². The molecule has 1 aromatic rings. The van der Waals surface area contributed by atoms with Crippen LogP contribution in [0.25, 0.3) is 0 Å². The Labute approximate surface area is 112 Å². The van der Waals surface area contributed by atoms with Gasteiger partial charge in [0.2, 0.25) is 0 Å². The molecule has 1 heterocycles. The van der Waals surface area contributed by atoms with Gasteiger partial charge < -0.3 is 11.1 Å². The summed E-state index contributed by atoms with van der Waals surface area (Å²) in [5, 5.41) is 3.24. The summed E-state index contributed by atoms with van der Waals surface area (Å²) in [7, 11) is -2.82. The quantitative estimate of drug-likeness (QED) is 0.812. The zero-order valence-corrected chi connectivity index (χ0v) is 11.6. The van der Waals surface area contributed by atoms with Crippen LogP contribution in [-0.4, -0.2) is 31.5 Å². The third-order valence-electron chi connectivity index (χ3n) is 3.10. The van der Waals surface area contributed by atoms with Crippen LogP contribution in [0.2, 0.25) is 0 Å². The van der Waals surface area contributed by atoms with E-state index in [0.29, 0.717) is 17.3 Å². The molecule has 0 saturated carbocycles. The molecular weight excluding hydrogens is 268 g/mol. The topological polar surface area (TPSA) is 72.2 Å². The minimum atomic E-state index is -2.82. The average molecular weight is 284 g/mol. The fourth-order valence-corrected chi connectivity index (χ4v) is 4.18. The molecule has 1 saturated heterocycles. The van der Waals surface area contributed by atoms with Gasteiger partial charge >= 0.3 is 0 Å². The highest BCUT2D eigenvalue weighted by molar-refractivity contribution is 7.91. The zero-order chi connectivity index (χ0) is 13.2. The molecule has 0 aromatic heterocycles. The van der Waals surface area contributed by atoms with Gasteiger partial charge in [0.1, 0.15) is 4.99 Å². The number of hydrogen-bond donors (Lipinski definition) is 2.